The quantitative estimate of drug-likeness (QED) is 0.583. The predicted molar refractivity (Wildman–Crippen MR) is 84.8 cm³/mol. The van der Waals surface area contributed by atoms with Crippen molar-refractivity contribution in [1.82, 2.24) is 15.7 Å². The van der Waals surface area contributed by atoms with E-state index in [-0.39, 0.29) is 11.9 Å². The molecule has 1 aliphatic carbocycles. The van der Waals surface area contributed by atoms with Crippen molar-refractivity contribution >= 4 is 11.8 Å². The highest BCUT2D eigenvalue weighted by Crippen LogP contribution is 2.31. The van der Waals surface area contributed by atoms with E-state index in [2.05, 4.69) is 5.32 Å². The van der Waals surface area contributed by atoms with Gasteiger partial charge in [0.25, 0.3) is 11.8 Å². The lowest BCUT2D eigenvalue weighted by atomic mass is 9.86. The number of nitrogens with zero attached hydrogens (tertiary/aromatic N) is 1. The lowest BCUT2D eigenvalue weighted by molar-refractivity contribution is -0.119. The Morgan fingerprint density at radius 2 is 2.13 bits per heavy atom. The molecule has 3 N–H and O–H groups in total. The lowest BCUT2D eigenvalue weighted by Crippen LogP contribution is -2.35. The fourth-order valence-corrected chi connectivity index (χ4v) is 3.34. The largest absolute Gasteiger partial charge is 0.370 e. The fraction of sp³-hybridized carbons (Fsp3) is 0.412. The van der Waals surface area contributed by atoms with Gasteiger partial charge in [-0.2, -0.15) is 0 Å². The van der Waals surface area contributed by atoms with Crippen molar-refractivity contribution in [2.75, 3.05) is 13.6 Å². The van der Waals surface area contributed by atoms with Crippen LogP contribution in [-0.4, -0.2) is 35.5 Å². The van der Waals surface area contributed by atoms with Gasteiger partial charge in [0.15, 0.2) is 0 Å². The van der Waals surface area contributed by atoms with Crippen LogP contribution in [0.25, 0.3) is 0 Å². The highest BCUT2D eigenvalue weighted by atomic mass is 16.5. The number of hydrogen-bond acceptors (Lipinski definition) is 4. The van der Waals surface area contributed by atoms with E-state index in [0.717, 1.165) is 49.1 Å². The molecule has 3 rings (SSSR count). The number of rotatable bonds is 3. The summed E-state index contributed by atoms with van der Waals surface area (Å²) in [5.41, 5.74) is 4.92. The third-order valence-electron chi connectivity index (χ3n) is 4.57. The lowest BCUT2D eigenvalue weighted by Gasteiger charge is -2.28. The standard InChI is InChI=1S/C17H21N3O3/c1-20-9-3-6-15(20)17(22)18-14-5-2-4-11-10-12(16(21)19-23)7-8-13(11)14/h6-8,10,14,23H,2-5,9H2,1H3,(H,18,22)(H,19,21). The number of hydrogen-bond donors (Lipinski definition) is 3. The van der Waals surface area contributed by atoms with E-state index in [0.29, 0.717) is 5.56 Å². The van der Waals surface area contributed by atoms with Crippen molar-refractivity contribution in [2.45, 2.75) is 31.7 Å². The number of nitrogens with one attached hydrogen (secondary N) is 2. The molecule has 122 valence electrons. The average Bonchev–Trinajstić information content (AvgIpc) is 3.00. The molecule has 1 aromatic rings. The van der Waals surface area contributed by atoms with E-state index in [1.54, 1.807) is 17.6 Å². The molecule has 0 radical (unpaired) electrons. The molecule has 2 amide bonds. The van der Waals surface area contributed by atoms with E-state index >= 15 is 0 Å². The molecule has 1 aromatic carbocycles. The van der Waals surface area contributed by atoms with E-state index in [9.17, 15) is 9.59 Å². The zero-order chi connectivity index (χ0) is 16.4. The van der Waals surface area contributed by atoms with Crippen molar-refractivity contribution < 1.29 is 14.8 Å². The summed E-state index contributed by atoms with van der Waals surface area (Å²) in [4.78, 5) is 25.9. The van der Waals surface area contributed by atoms with E-state index < -0.39 is 5.91 Å². The molecule has 0 bridgehead atoms. The first-order valence-electron chi connectivity index (χ1n) is 7.89. The number of hydroxylamine groups is 1. The molecular weight excluding hydrogens is 294 g/mol. The van der Waals surface area contributed by atoms with Crippen molar-refractivity contribution in [3.8, 4) is 0 Å². The maximum Gasteiger partial charge on any atom is 0.274 e. The Morgan fingerprint density at radius 1 is 1.30 bits per heavy atom. The Bertz CT molecular complexity index is 669. The Labute approximate surface area is 135 Å². The molecular formula is C17H21N3O3. The second-order valence-corrected chi connectivity index (χ2v) is 6.07. The predicted octanol–water partition coefficient (Wildman–Crippen LogP) is 1.52. The SMILES string of the molecule is CN1CCC=C1C(=O)NC1CCCc2cc(C(=O)NO)ccc21. The molecule has 0 spiro atoms. The maximum absolute atomic E-state index is 12.4. The van der Waals surface area contributed by atoms with Crippen LogP contribution < -0.4 is 10.8 Å². The first-order chi connectivity index (χ1) is 11.1. The van der Waals surface area contributed by atoms with Gasteiger partial charge in [0, 0.05) is 19.2 Å². The van der Waals surface area contributed by atoms with Gasteiger partial charge in [0.1, 0.15) is 0 Å². The van der Waals surface area contributed by atoms with Crippen molar-refractivity contribution in [2.24, 2.45) is 0 Å². The molecule has 1 heterocycles. The molecule has 2 aliphatic rings. The monoisotopic (exact) mass is 315 g/mol. The molecule has 1 aliphatic heterocycles. The zero-order valence-corrected chi connectivity index (χ0v) is 13.1. The topological polar surface area (TPSA) is 81.7 Å². The molecule has 1 atom stereocenters. The minimum atomic E-state index is -0.517. The first kappa shape index (κ1) is 15.6. The van der Waals surface area contributed by atoms with Gasteiger partial charge in [-0.25, -0.2) is 5.48 Å². The summed E-state index contributed by atoms with van der Waals surface area (Å²) < 4.78 is 0. The average molecular weight is 315 g/mol. The number of fused-ring (bicyclic) bond motifs is 1. The number of carbonyl (C=O) groups excluding carboxylic acids is 2. The molecule has 1 unspecified atom stereocenters. The highest BCUT2D eigenvalue weighted by molar-refractivity contribution is 5.94. The van der Waals surface area contributed by atoms with Gasteiger partial charge >= 0.3 is 0 Å². The van der Waals surface area contributed by atoms with Gasteiger partial charge in [-0.3, -0.25) is 14.8 Å². The Kier molecular flexibility index (Phi) is 4.34. The van der Waals surface area contributed by atoms with Gasteiger partial charge in [-0.1, -0.05) is 12.1 Å². The Morgan fingerprint density at radius 3 is 2.83 bits per heavy atom. The van der Waals surface area contributed by atoms with Gasteiger partial charge < -0.3 is 10.2 Å². The minimum Gasteiger partial charge on any atom is -0.370 e. The number of likely N-dealkylation sites (N-methyl/N-ethyl adjacent to an activating group) is 1. The summed E-state index contributed by atoms with van der Waals surface area (Å²) in [6.45, 7) is 0.879. The van der Waals surface area contributed by atoms with Crippen LogP contribution >= 0.6 is 0 Å². The fourth-order valence-electron chi connectivity index (χ4n) is 3.34. The second-order valence-electron chi connectivity index (χ2n) is 6.07. The number of benzene rings is 1. The summed E-state index contributed by atoms with van der Waals surface area (Å²) in [7, 11) is 1.92. The van der Waals surface area contributed by atoms with Crippen LogP contribution in [0.2, 0.25) is 0 Å². The molecule has 6 heteroatoms. The van der Waals surface area contributed by atoms with Crippen LogP contribution in [-0.2, 0) is 11.2 Å². The summed E-state index contributed by atoms with van der Waals surface area (Å²) in [5, 5.41) is 11.9. The van der Waals surface area contributed by atoms with Crippen molar-refractivity contribution in [1.29, 1.82) is 0 Å². The van der Waals surface area contributed by atoms with Crippen LogP contribution in [0, 0.1) is 0 Å². The summed E-state index contributed by atoms with van der Waals surface area (Å²) in [6, 6.07) is 5.31. The molecule has 0 aromatic heterocycles. The number of carbonyl (C=O) groups is 2. The molecule has 0 saturated carbocycles. The van der Waals surface area contributed by atoms with Crippen molar-refractivity contribution in [3.05, 3.63) is 46.7 Å². The van der Waals surface area contributed by atoms with E-state index in [4.69, 9.17) is 5.21 Å². The molecule has 6 nitrogen and oxygen atoms in total. The van der Waals surface area contributed by atoms with E-state index in [1.165, 1.54) is 0 Å². The summed E-state index contributed by atoms with van der Waals surface area (Å²) in [6.07, 6.45) is 5.59. The van der Waals surface area contributed by atoms with Gasteiger partial charge in [-0.15, -0.1) is 0 Å². The number of amides is 2. The highest BCUT2D eigenvalue weighted by Gasteiger charge is 2.26. The van der Waals surface area contributed by atoms with Crippen LogP contribution in [0.1, 0.15) is 46.8 Å². The van der Waals surface area contributed by atoms with Gasteiger partial charge in [0.2, 0.25) is 0 Å². The van der Waals surface area contributed by atoms with Gasteiger partial charge in [-0.05, 0) is 48.9 Å². The van der Waals surface area contributed by atoms with Crippen molar-refractivity contribution in [3.63, 3.8) is 0 Å². The molecule has 23 heavy (non-hydrogen) atoms. The second kappa shape index (κ2) is 6.42. The maximum atomic E-state index is 12.4. The van der Waals surface area contributed by atoms with Crippen LogP contribution in [0.15, 0.2) is 30.0 Å². The normalized spacial score (nSPS) is 19.8. The van der Waals surface area contributed by atoms with Crippen LogP contribution in [0.3, 0.4) is 0 Å². The van der Waals surface area contributed by atoms with Crippen LogP contribution in [0.4, 0.5) is 0 Å². The smallest absolute Gasteiger partial charge is 0.274 e. The Hall–Kier alpha value is -2.34. The third kappa shape index (κ3) is 3.07. The zero-order valence-electron chi connectivity index (χ0n) is 13.1. The third-order valence-corrected chi connectivity index (χ3v) is 4.57. The number of aryl methyl sites for hydroxylation is 1. The first-order valence-corrected chi connectivity index (χ1v) is 7.89. The molecule has 0 saturated heterocycles. The Balaban J connectivity index is 1.79. The summed E-state index contributed by atoms with van der Waals surface area (Å²) in [5.74, 6) is -0.559. The summed E-state index contributed by atoms with van der Waals surface area (Å²) >= 11 is 0. The van der Waals surface area contributed by atoms with Gasteiger partial charge in [0.05, 0.1) is 11.7 Å². The minimum absolute atomic E-state index is 0.0348. The van der Waals surface area contributed by atoms with E-state index in [1.807, 2.05) is 24.1 Å². The molecule has 0 fully saturated rings. The van der Waals surface area contributed by atoms with Crippen LogP contribution in [0.5, 0.6) is 0 Å².